The molecule has 3 amide bonds. The van der Waals surface area contributed by atoms with Crippen LogP contribution >= 0.6 is 11.5 Å². The molecule has 0 spiro atoms. The van der Waals surface area contributed by atoms with Crippen molar-refractivity contribution in [3.8, 4) is 5.75 Å². The molecule has 0 radical (unpaired) electrons. The standard InChI is InChI=1S/C26H31N5O5S/c1-2-3-14-35-18-12-10-17(11-13-18)31(26(34)23-20(27)21(24(28)32)30-37-23)22(19-9-6-15-36-19)25(33)29-16-7-4-5-8-16/h6,9-13,15-16,22H,2-5,7-8,14,27H2,1H3,(H2,28,32)(H,29,33)/t22-/m0/s1. The second kappa shape index (κ2) is 11.9. The Morgan fingerprint density at radius 3 is 2.54 bits per heavy atom. The molecule has 0 saturated heterocycles. The van der Waals surface area contributed by atoms with E-state index in [1.54, 1.807) is 36.4 Å². The Hall–Kier alpha value is -3.86. The number of aromatic nitrogens is 1. The van der Waals surface area contributed by atoms with E-state index in [4.69, 9.17) is 20.6 Å². The predicted octanol–water partition coefficient (Wildman–Crippen LogP) is 4.04. The Morgan fingerprint density at radius 2 is 1.95 bits per heavy atom. The van der Waals surface area contributed by atoms with Crippen molar-refractivity contribution in [2.75, 3.05) is 17.2 Å². The lowest BCUT2D eigenvalue weighted by atomic mass is 10.1. The molecule has 2 aromatic heterocycles. The first-order valence-electron chi connectivity index (χ1n) is 12.4. The molecule has 1 fully saturated rings. The van der Waals surface area contributed by atoms with Crippen molar-refractivity contribution in [2.45, 2.75) is 57.5 Å². The maximum Gasteiger partial charge on any atom is 0.273 e. The maximum atomic E-state index is 14.0. The van der Waals surface area contributed by atoms with Crippen molar-refractivity contribution >= 4 is 40.6 Å². The molecule has 5 N–H and O–H groups in total. The van der Waals surface area contributed by atoms with E-state index in [0.717, 1.165) is 50.1 Å². The summed E-state index contributed by atoms with van der Waals surface area (Å²) in [5.74, 6) is -0.899. The predicted molar refractivity (Wildman–Crippen MR) is 141 cm³/mol. The number of anilines is 2. The van der Waals surface area contributed by atoms with Gasteiger partial charge in [0.15, 0.2) is 11.7 Å². The van der Waals surface area contributed by atoms with Crippen LogP contribution < -0.4 is 26.4 Å². The van der Waals surface area contributed by atoms with Gasteiger partial charge in [0.25, 0.3) is 17.7 Å². The minimum Gasteiger partial charge on any atom is -0.494 e. The number of unbranched alkanes of at least 4 members (excludes halogenated alkanes) is 1. The first-order valence-corrected chi connectivity index (χ1v) is 13.1. The normalized spacial score (nSPS) is 14.3. The van der Waals surface area contributed by atoms with Gasteiger partial charge >= 0.3 is 0 Å². The van der Waals surface area contributed by atoms with E-state index >= 15 is 0 Å². The van der Waals surface area contributed by atoms with Gasteiger partial charge in [-0.2, -0.15) is 4.37 Å². The first kappa shape index (κ1) is 26.2. The van der Waals surface area contributed by atoms with Crippen LogP contribution in [0.5, 0.6) is 5.75 Å². The fourth-order valence-electron chi connectivity index (χ4n) is 4.33. The number of nitrogens with zero attached hydrogens (tertiary/aromatic N) is 2. The van der Waals surface area contributed by atoms with Gasteiger partial charge in [0, 0.05) is 11.7 Å². The highest BCUT2D eigenvalue weighted by Crippen LogP contribution is 2.34. The van der Waals surface area contributed by atoms with Gasteiger partial charge in [-0.05, 0) is 67.2 Å². The fourth-order valence-corrected chi connectivity index (χ4v) is 5.07. The van der Waals surface area contributed by atoms with Crippen molar-refractivity contribution in [1.29, 1.82) is 0 Å². The average Bonchev–Trinajstić information content (AvgIpc) is 3.65. The van der Waals surface area contributed by atoms with E-state index in [1.807, 2.05) is 0 Å². The van der Waals surface area contributed by atoms with Crippen LogP contribution in [0.2, 0.25) is 0 Å². The number of carbonyl (C=O) groups is 3. The molecule has 2 heterocycles. The average molecular weight is 526 g/mol. The van der Waals surface area contributed by atoms with E-state index in [1.165, 1.54) is 11.2 Å². The summed E-state index contributed by atoms with van der Waals surface area (Å²) in [7, 11) is 0. The number of nitrogens with two attached hydrogens (primary N) is 2. The summed E-state index contributed by atoms with van der Waals surface area (Å²) in [6.07, 6.45) is 7.19. The van der Waals surface area contributed by atoms with E-state index in [2.05, 4.69) is 16.6 Å². The van der Waals surface area contributed by atoms with Crippen LogP contribution in [0.3, 0.4) is 0 Å². The van der Waals surface area contributed by atoms with Crippen LogP contribution in [0, 0.1) is 0 Å². The van der Waals surface area contributed by atoms with E-state index < -0.39 is 17.9 Å². The number of benzene rings is 1. The smallest absolute Gasteiger partial charge is 0.273 e. The second-order valence-corrected chi connectivity index (χ2v) is 9.69. The second-order valence-electron chi connectivity index (χ2n) is 8.92. The molecule has 3 aromatic rings. The van der Waals surface area contributed by atoms with E-state index in [9.17, 15) is 14.4 Å². The highest BCUT2D eigenvalue weighted by atomic mass is 32.1. The number of ether oxygens (including phenoxy) is 1. The Labute approximate surface area is 219 Å². The molecule has 0 aliphatic heterocycles. The van der Waals surface area contributed by atoms with Gasteiger partial charge in [-0.25, -0.2) is 0 Å². The van der Waals surface area contributed by atoms with Gasteiger partial charge in [-0.3, -0.25) is 19.3 Å². The number of hydrogen-bond donors (Lipinski definition) is 3. The summed E-state index contributed by atoms with van der Waals surface area (Å²) < 4.78 is 15.4. The third-order valence-corrected chi connectivity index (χ3v) is 7.13. The molecule has 1 aliphatic rings. The molecule has 1 aliphatic carbocycles. The number of rotatable bonds is 11. The molecule has 37 heavy (non-hydrogen) atoms. The Kier molecular flexibility index (Phi) is 8.44. The SMILES string of the molecule is CCCCOc1ccc(N(C(=O)c2snc(C(N)=O)c2N)[C@H](C(=O)NC2CCCC2)c2ccco2)cc1. The number of nitrogen functional groups attached to an aromatic ring is 1. The van der Waals surface area contributed by atoms with Crippen molar-refractivity contribution < 1.29 is 23.5 Å². The van der Waals surface area contributed by atoms with Gasteiger partial charge in [0.05, 0.1) is 18.6 Å². The number of primary amides is 1. The van der Waals surface area contributed by atoms with Crippen LogP contribution in [0.4, 0.5) is 11.4 Å². The quantitative estimate of drug-likeness (QED) is 0.319. The van der Waals surface area contributed by atoms with Crippen molar-refractivity contribution in [2.24, 2.45) is 5.73 Å². The lowest BCUT2D eigenvalue weighted by molar-refractivity contribution is -0.123. The lowest BCUT2D eigenvalue weighted by Gasteiger charge is -2.30. The zero-order chi connectivity index (χ0) is 26.4. The monoisotopic (exact) mass is 525 g/mol. The van der Waals surface area contributed by atoms with E-state index in [0.29, 0.717) is 18.0 Å². The number of amides is 3. The summed E-state index contributed by atoms with van der Waals surface area (Å²) in [6.45, 7) is 2.65. The molecular weight excluding hydrogens is 494 g/mol. The number of hydrogen-bond acceptors (Lipinski definition) is 8. The highest BCUT2D eigenvalue weighted by Gasteiger charge is 2.38. The number of nitrogens with one attached hydrogen (secondary N) is 1. The molecular formula is C26H31N5O5S. The minimum absolute atomic E-state index is 0.00212. The van der Waals surface area contributed by atoms with Crippen molar-refractivity contribution in [1.82, 2.24) is 9.69 Å². The van der Waals surface area contributed by atoms with Crippen LogP contribution in [-0.4, -0.2) is 34.7 Å². The Bertz CT molecular complexity index is 1220. The summed E-state index contributed by atoms with van der Waals surface area (Å²) in [6, 6.07) is 9.07. The van der Waals surface area contributed by atoms with Gasteiger partial charge < -0.3 is 25.9 Å². The molecule has 196 valence electrons. The largest absolute Gasteiger partial charge is 0.494 e. The van der Waals surface area contributed by atoms with Gasteiger partial charge in [-0.15, -0.1) is 0 Å². The van der Waals surface area contributed by atoms with Crippen LogP contribution in [0.15, 0.2) is 47.1 Å². The zero-order valence-electron chi connectivity index (χ0n) is 20.6. The summed E-state index contributed by atoms with van der Waals surface area (Å²) >= 11 is 0.758. The molecule has 10 nitrogen and oxygen atoms in total. The van der Waals surface area contributed by atoms with Crippen LogP contribution in [0.25, 0.3) is 0 Å². The molecule has 1 saturated carbocycles. The first-order chi connectivity index (χ1) is 17.9. The maximum absolute atomic E-state index is 14.0. The summed E-state index contributed by atoms with van der Waals surface area (Å²) in [5.41, 5.74) is 11.6. The van der Waals surface area contributed by atoms with Crippen LogP contribution in [0.1, 0.15) is 77.4 Å². The van der Waals surface area contributed by atoms with Crippen LogP contribution in [-0.2, 0) is 4.79 Å². The number of carbonyl (C=O) groups excluding carboxylic acids is 3. The number of furan rings is 1. The zero-order valence-corrected chi connectivity index (χ0v) is 21.5. The molecule has 11 heteroatoms. The summed E-state index contributed by atoms with van der Waals surface area (Å²) in [4.78, 5) is 40.7. The molecule has 4 rings (SSSR count). The van der Waals surface area contributed by atoms with Crippen molar-refractivity contribution in [3.63, 3.8) is 0 Å². The van der Waals surface area contributed by atoms with E-state index in [-0.39, 0.29) is 34.0 Å². The highest BCUT2D eigenvalue weighted by molar-refractivity contribution is 7.09. The molecule has 1 aromatic carbocycles. The fraction of sp³-hybridized carbons (Fsp3) is 0.385. The molecule has 0 unspecified atom stereocenters. The molecule has 0 bridgehead atoms. The van der Waals surface area contributed by atoms with Crippen molar-refractivity contribution in [3.05, 3.63) is 59.0 Å². The molecule has 1 atom stereocenters. The topological polar surface area (TPSA) is 154 Å². The van der Waals surface area contributed by atoms with Gasteiger partial charge in [0.2, 0.25) is 0 Å². The van der Waals surface area contributed by atoms with Gasteiger partial charge in [-0.1, -0.05) is 26.2 Å². The minimum atomic E-state index is -1.13. The third kappa shape index (κ3) is 5.93. The van der Waals surface area contributed by atoms with Gasteiger partial charge in [0.1, 0.15) is 16.4 Å². The Balaban J connectivity index is 1.75. The summed E-state index contributed by atoms with van der Waals surface area (Å²) in [5, 5.41) is 3.07. The third-order valence-electron chi connectivity index (χ3n) is 6.28. The lowest BCUT2D eigenvalue weighted by Crippen LogP contribution is -2.46. The Morgan fingerprint density at radius 1 is 1.22 bits per heavy atom.